The molecule has 0 bridgehead atoms. The summed E-state index contributed by atoms with van der Waals surface area (Å²) in [4.78, 5) is 33.3. The van der Waals surface area contributed by atoms with Gasteiger partial charge in [-0.3, -0.25) is 9.59 Å². The molecular weight excluding hydrogens is 422 g/mol. The molecular formula is C25H27N3O3S. The molecule has 2 saturated heterocycles. The number of rotatable bonds is 4. The van der Waals surface area contributed by atoms with Crippen LogP contribution in [0.25, 0.3) is 10.9 Å². The molecule has 2 amide bonds. The molecule has 3 heterocycles. The number of piperidine rings is 1. The second kappa shape index (κ2) is 8.90. The van der Waals surface area contributed by atoms with Crippen LogP contribution in [0.3, 0.4) is 0 Å². The molecule has 0 radical (unpaired) electrons. The SMILES string of the molecule is COc1ccc2[nH]cc(C3CCN(C(=O)C4CSCN4C(=O)c4ccccc4)CC3)c2c1. The fraction of sp³-hybridized carbons (Fsp3) is 0.360. The number of hydrogen-bond donors (Lipinski definition) is 1. The van der Waals surface area contributed by atoms with Crippen LogP contribution < -0.4 is 4.74 Å². The van der Waals surface area contributed by atoms with E-state index in [0.29, 0.717) is 36.2 Å². The smallest absolute Gasteiger partial charge is 0.255 e. The maximum absolute atomic E-state index is 13.3. The van der Waals surface area contributed by atoms with Crippen LogP contribution in [-0.2, 0) is 4.79 Å². The van der Waals surface area contributed by atoms with E-state index in [1.54, 1.807) is 23.8 Å². The molecule has 3 aromatic rings. The first-order valence-electron chi connectivity index (χ1n) is 11.0. The summed E-state index contributed by atoms with van der Waals surface area (Å²) in [6.45, 7) is 1.43. The van der Waals surface area contributed by atoms with Crippen LogP contribution in [-0.4, -0.2) is 64.5 Å². The summed E-state index contributed by atoms with van der Waals surface area (Å²) in [7, 11) is 1.69. The average molecular weight is 450 g/mol. The lowest BCUT2D eigenvalue weighted by atomic mass is 9.89. The van der Waals surface area contributed by atoms with Gasteiger partial charge in [-0.15, -0.1) is 11.8 Å². The average Bonchev–Trinajstić information content (AvgIpc) is 3.51. The minimum absolute atomic E-state index is 0.0587. The van der Waals surface area contributed by atoms with Gasteiger partial charge in [-0.25, -0.2) is 0 Å². The summed E-state index contributed by atoms with van der Waals surface area (Å²) < 4.78 is 5.40. The minimum Gasteiger partial charge on any atom is -0.497 e. The number of methoxy groups -OCH3 is 1. The number of fused-ring (bicyclic) bond motifs is 1. The standard InChI is InChI=1S/C25H27N3O3S/c1-31-19-7-8-22-20(13-19)21(14-26-22)17-9-11-27(12-10-17)25(30)23-15-32-16-28(23)24(29)18-5-3-2-4-6-18/h2-8,13-14,17,23,26H,9-12,15-16H2,1H3. The van der Waals surface area contributed by atoms with Gasteiger partial charge in [0, 0.05) is 41.5 Å². The molecule has 1 N–H and O–H groups in total. The Morgan fingerprint density at radius 2 is 1.88 bits per heavy atom. The van der Waals surface area contributed by atoms with E-state index in [2.05, 4.69) is 17.2 Å². The molecule has 0 aliphatic carbocycles. The van der Waals surface area contributed by atoms with Gasteiger partial charge < -0.3 is 19.5 Å². The lowest BCUT2D eigenvalue weighted by molar-refractivity contribution is -0.135. The predicted molar refractivity (Wildman–Crippen MR) is 127 cm³/mol. The van der Waals surface area contributed by atoms with Crippen molar-refractivity contribution >= 4 is 34.5 Å². The Balaban J connectivity index is 1.26. The molecule has 2 aliphatic heterocycles. The van der Waals surface area contributed by atoms with Gasteiger partial charge in [-0.1, -0.05) is 18.2 Å². The number of ether oxygens (including phenoxy) is 1. The molecule has 2 fully saturated rings. The van der Waals surface area contributed by atoms with E-state index >= 15 is 0 Å². The van der Waals surface area contributed by atoms with Crippen LogP contribution in [0.5, 0.6) is 5.75 Å². The highest BCUT2D eigenvalue weighted by atomic mass is 32.2. The molecule has 1 aromatic heterocycles. The van der Waals surface area contributed by atoms with Crippen LogP contribution in [0.1, 0.15) is 34.7 Å². The largest absolute Gasteiger partial charge is 0.497 e. The van der Waals surface area contributed by atoms with Crippen LogP contribution in [0.15, 0.2) is 54.7 Å². The van der Waals surface area contributed by atoms with Crippen molar-refractivity contribution in [1.82, 2.24) is 14.8 Å². The van der Waals surface area contributed by atoms with Gasteiger partial charge >= 0.3 is 0 Å². The van der Waals surface area contributed by atoms with E-state index in [9.17, 15) is 9.59 Å². The van der Waals surface area contributed by atoms with Crippen molar-refractivity contribution in [3.63, 3.8) is 0 Å². The Bertz CT molecular complexity index is 1120. The molecule has 2 aliphatic rings. The third kappa shape index (κ3) is 3.86. The van der Waals surface area contributed by atoms with Crippen molar-refractivity contribution in [2.45, 2.75) is 24.8 Å². The number of benzene rings is 2. The zero-order valence-corrected chi connectivity index (χ0v) is 18.9. The van der Waals surface area contributed by atoms with Gasteiger partial charge in [0.15, 0.2) is 0 Å². The molecule has 7 heteroatoms. The number of thioether (sulfide) groups is 1. The maximum atomic E-state index is 13.3. The van der Waals surface area contributed by atoms with Crippen molar-refractivity contribution in [2.75, 3.05) is 31.8 Å². The van der Waals surface area contributed by atoms with Crippen LogP contribution in [0.4, 0.5) is 0 Å². The van der Waals surface area contributed by atoms with E-state index in [1.807, 2.05) is 47.4 Å². The van der Waals surface area contributed by atoms with E-state index in [4.69, 9.17) is 4.74 Å². The highest BCUT2D eigenvalue weighted by molar-refractivity contribution is 7.99. The summed E-state index contributed by atoms with van der Waals surface area (Å²) >= 11 is 1.65. The summed E-state index contributed by atoms with van der Waals surface area (Å²) in [5, 5.41) is 1.20. The first kappa shape index (κ1) is 20.9. The Kier molecular flexibility index (Phi) is 5.83. The second-order valence-corrected chi connectivity index (χ2v) is 9.41. The Hall–Kier alpha value is -2.93. The number of likely N-dealkylation sites (tertiary alicyclic amines) is 1. The quantitative estimate of drug-likeness (QED) is 0.651. The third-order valence-electron chi connectivity index (χ3n) is 6.62. The van der Waals surface area contributed by atoms with Crippen LogP contribution in [0.2, 0.25) is 0 Å². The van der Waals surface area contributed by atoms with Crippen molar-refractivity contribution in [3.05, 3.63) is 65.9 Å². The fourth-order valence-electron chi connectivity index (χ4n) is 4.80. The van der Waals surface area contributed by atoms with Gasteiger partial charge in [0.25, 0.3) is 5.91 Å². The van der Waals surface area contributed by atoms with Crippen molar-refractivity contribution < 1.29 is 14.3 Å². The second-order valence-electron chi connectivity index (χ2n) is 8.41. The van der Waals surface area contributed by atoms with E-state index < -0.39 is 0 Å². The molecule has 166 valence electrons. The lowest BCUT2D eigenvalue weighted by Crippen LogP contribution is -2.50. The molecule has 6 nitrogen and oxygen atoms in total. The summed E-state index contributed by atoms with van der Waals surface area (Å²) in [6, 6.07) is 15.0. The lowest BCUT2D eigenvalue weighted by Gasteiger charge is -2.35. The number of amides is 2. The normalized spacial score (nSPS) is 19.5. The molecule has 0 spiro atoms. The zero-order valence-electron chi connectivity index (χ0n) is 18.1. The predicted octanol–water partition coefficient (Wildman–Crippen LogP) is 4.10. The Morgan fingerprint density at radius 3 is 2.62 bits per heavy atom. The number of carbonyl (C=O) groups is 2. The van der Waals surface area contributed by atoms with Gasteiger partial charge in [-0.2, -0.15) is 0 Å². The topological polar surface area (TPSA) is 65.6 Å². The number of aromatic nitrogens is 1. The summed E-state index contributed by atoms with van der Waals surface area (Å²) in [6.07, 6.45) is 3.94. The van der Waals surface area contributed by atoms with Gasteiger partial charge in [-0.05, 0) is 54.7 Å². The number of carbonyl (C=O) groups excluding carboxylic acids is 2. The van der Waals surface area contributed by atoms with Crippen molar-refractivity contribution in [3.8, 4) is 5.75 Å². The first-order valence-corrected chi connectivity index (χ1v) is 12.2. The molecule has 1 atom stereocenters. The van der Waals surface area contributed by atoms with Gasteiger partial charge in [0.2, 0.25) is 5.91 Å². The molecule has 32 heavy (non-hydrogen) atoms. The molecule has 5 rings (SSSR count). The van der Waals surface area contributed by atoms with E-state index in [0.717, 1.165) is 24.1 Å². The Labute approximate surface area is 191 Å². The third-order valence-corrected chi connectivity index (χ3v) is 7.63. The number of aromatic amines is 1. The van der Waals surface area contributed by atoms with Gasteiger partial charge in [0.05, 0.1) is 13.0 Å². The maximum Gasteiger partial charge on any atom is 0.255 e. The number of nitrogens with zero attached hydrogens (tertiary/aromatic N) is 2. The van der Waals surface area contributed by atoms with E-state index in [1.165, 1.54) is 10.9 Å². The van der Waals surface area contributed by atoms with Crippen LogP contribution in [0, 0.1) is 0 Å². The monoisotopic (exact) mass is 449 g/mol. The number of hydrogen-bond acceptors (Lipinski definition) is 4. The number of H-pyrrole nitrogens is 1. The summed E-state index contributed by atoms with van der Waals surface area (Å²) in [5.74, 6) is 2.51. The zero-order chi connectivity index (χ0) is 22.1. The first-order chi connectivity index (χ1) is 15.7. The van der Waals surface area contributed by atoms with Crippen molar-refractivity contribution in [1.29, 1.82) is 0 Å². The molecule has 0 saturated carbocycles. The van der Waals surface area contributed by atoms with Gasteiger partial charge in [0.1, 0.15) is 11.8 Å². The van der Waals surface area contributed by atoms with Crippen molar-refractivity contribution in [2.24, 2.45) is 0 Å². The highest BCUT2D eigenvalue weighted by Gasteiger charge is 2.38. The Morgan fingerprint density at radius 1 is 1.09 bits per heavy atom. The summed E-state index contributed by atoms with van der Waals surface area (Å²) in [5.41, 5.74) is 3.04. The highest BCUT2D eigenvalue weighted by Crippen LogP contribution is 2.35. The van der Waals surface area contributed by atoms with E-state index in [-0.39, 0.29) is 17.9 Å². The number of nitrogens with one attached hydrogen (secondary N) is 1. The minimum atomic E-state index is -0.374. The molecule has 2 aromatic carbocycles. The van der Waals surface area contributed by atoms with Crippen LogP contribution >= 0.6 is 11.8 Å². The fourth-order valence-corrected chi connectivity index (χ4v) is 5.95. The molecule has 1 unspecified atom stereocenters.